The van der Waals surface area contributed by atoms with Gasteiger partial charge in [0.2, 0.25) is 5.91 Å². The molecule has 3 unspecified atom stereocenters. The summed E-state index contributed by atoms with van der Waals surface area (Å²) in [7, 11) is 0. The monoisotopic (exact) mass is 289 g/mol. The molecular weight excluding hydrogens is 266 g/mol. The minimum atomic E-state index is -0.745. The molecule has 3 atom stereocenters. The molecule has 1 amide bonds. The molecule has 1 saturated carbocycles. The van der Waals surface area contributed by atoms with Crippen molar-refractivity contribution in [3.63, 3.8) is 0 Å². The van der Waals surface area contributed by atoms with E-state index in [0.29, 0.717) is 5.92 Å². The average Bonchev–Trinajstić information content (AvgIpc) is 2.50. The highest BCUT2D eigenvalue weighted by molar-refractivity contribution is 6.07. The topological polar surface area (TPSA) is 87.7 Å². The molecule has 4 N–H and O–H groups in total. The molecule has 1 fully saturated rings. The number of oxime groups is 1. The highest BCUT2D eigenvalue weighted by Gasteiger charge is 2.29. The first-order valence-corrected chi connectivity index (χ1v) is 7.46. The number of carbonyl (C=O) groups is 1. The molecule has 5 nitrogen and oxygen atoms in total. The fraction of sp³-hybridized carbons (Fsp3) is 0.500. The lowest BCUT2D eigenvalue weighted by molar-refractivity contribution is -0.122. The van der Waals surface area contributed by atoms with Gasteiger partial charge in [0, 0.05) is 6.04 Å². The van der Waals surface area contributed by atoms with Gasteiger partial charge in [-0.15, -0.1) is 0 Å². The summed E-state index contributed by atoms with van der Waals surface area (Å²) in [5, 5.41) is 15.1. The van der Waals surface area contributed by atoms with E-state index in [2.05, 4.69) is 17.4 Å². The van der Waals surface area contributed by atoms with Gasteiger partial charge in [0.1, 0.15) is 5.92 Å². The molecule has 5 heteroatoms. The zero-order valence-electron chi connectivity index (χ0n) is 12.3. The Hall–Kier alpha value is -2.04. The summed E-state index contributed by atoms with van der Waals surface area (Å²) < 4.78 is 0. The highest BCUT2D eigenvalue weighted by Crippen LogP contribution is 2.25. The van der Waals surface area contributed by atoms with Crippen LogP contribution in [-0.4, -0.2) is 23.0 Å². The van der Waals surface area contributed by atoms with Crippen molar-refractivity contribution in [3.8, 4) is 0 Å². The summed E-state index contributed by atoms with van der Waals surface area (Å²) in [6, 6.07) is 9.34. The predicted octanol–water partition coefficient (Wildman–Crippen LogP) is 2.21. The van der Waals surface area contributed by atoms with Crippen LogP contribution in [0.4, 0.5) is 0 Å². The largest absolute Gasteiger partial charge is 0.409 e. The predicted molar refractivity (Wildman–Crippen MR) is 82.2 cm³/mol. The number of nitrogens with one attached hydrogen (secondary N) is 1. The third-order valence-electron chi connectivity index (χ3n) is 4.25. The molecule has 21 heavy (non-hydrogen) atoms. The molecular formula is C16H23N3O2. The fourth-order valence-electron chi connectivity index (χ4n) is 2.96. The van der Waals surface area contributed by atoms with E-state index in [0.717, 1.165) is 24.8 Å². The number of nitrogens with zero attached hydrogens (tertiary/aromatic N) is 1. The van der Waals surface area contributed by atoms with Crippen LogP contribution in [-0.2, 0) is 4.79 Å². The maximum absolute atomic E-state index is 12.6. The van der Waals surface area contributed by atoms with Crippen LogP contribution in [0.5, 0.6) is 0 Å². The first-order chi connectivity index (χ1) is 10.1. The lowest BCUT2D eigenvalue weighted by atomic mass is 9.85. The summed E-state index contributed by atoms with van der Waals surface area (Å²) in [6.45, 7) is 2.16. The van der Waals surface area contributed by atoms with Gasteiger partial charge in [0.15, 0.2) is 5.84 Å². The molecule has 0 aliphatic heterocycles. The van der Waals surface area contributed by atoms with E-state index in [1.54, 1.807) is 0 Å². The molecule has 1 aliphatic rings. The number of hydrogen-bond donors (Lipinski definition) is 3. The number of amides is 1. The number of benzene rings is 1. The van der Waals surface area contributed by atoms with Crippen LogP contribution in [0.25, 0.3) is 0 Å². The van der Waals surface area contributed by atoms with E-state index in [4.69, 9.17) is 10.9 Å². The van der Waals surface area contributed by atoms with E-state index >= 15 is 0 Å². The second-order valence-corrected chi connectivity index (χ2v) is 5.75. The van der Waals surface area contributed by atoms with Gasteiger partial charge in [-0.05, 0) is 24.3 Å². The van der Waals surface area contributed by atoms with Crippen LogP contribution in [0.2, 0.25) is 0 Å². The van der Waals surface area contributed by atoms with Gasteiger partial charge in [0.05, 0.1) is 0 Å². The normalized spacial score (nSPS) is 24.3. The van der Waals surface area contributed by atoms with Crippen LogP contribution in [0.1, 0.15) is 44.1 Å². The van der Waals surface area contributed by atoms with Crippen molar-refractivity contribution < 1.29 is 10.0 Å². The smallest absolute Gasteiger partial charge is 0.235 e. The summed E-state index contributed by atoms with van der Waals surface area (Å²) in [5.74, 6) is -0.561. The third-order valence-corrected chi connectivity index (χ3v) is 4.25. The third kappa shape index (κ3) is 3.74. The van der Waals surface area contributed by atoms with Gasteiger partial charge in [0.25, 0.3) is 0 Å². The molecule has 1 aromatic rings. The van der Waals surface area contributed by atoms with E-state index in [9.17, 15) is 4.79 Å². The first-order valence-electron chi connectivity index (χ1n) is 7.46. The van der Waals surface area contributed by atoms with Crippen molar-refractivity contribution in [2.75, 3.05) is 0 Å². The van der Waals surface area contributed by atoms with E-state index in [-0.39, 0.29) is 17.8 Å². The van der Waals surface area contributed by atoms with Crippen LogP contribution >= 0.6 is 0 Å². The second-order valence-electron chi connectivity index (χ2n) is 5.75. The molecule has 114 valence electrons. The fourth-order valence-corrected chi connectivity index (χ4v) is 2.96. The maximum Gasteiger partial charge on any atom is 0.235 e. The summed E-state index contributed by atoms with van der Waals surface area (Å²) in [6.07, 6.45) is 4.47. The summed E-state index contributed by atoms with van der Waals surface area (Å²) >= 11 is 0. The Morgan fingerprint density at radius 3 is 2.62 bits per heavy atom. The second kappa shape index (κ2) is 7.11. The Bertz CT molecular complexity index is 502. The van der Waals surface area contributed by atoms with Crippen molar-refractivity contribution in [3.05, 3.63) is 35.9 Å². The van der Waals surface area contributed by atoms with Crippen LogP contribution in [0.15, 0.2) is 35.5 Å². The Morgan fingerprint density at radius 1 is 1.33 bits per heavy atom. The molecule has 1 aliphatic carbocycles. The Morgan fingerprint density at radius 2 is 2.00 bits per heavy atom. The van der Waals surface area contributed by atoms with Gasteiger partial charge in [-0.25, -0.2) is 0 Å². The molecule has 1 aromatic carbocycles. The van der Waals surface area contributed by atoms with Crippen molar-refractivity contribution >= 4 is 11.7 Å². The Kier molecular flexibility index (Phi) is 5.20. The summed E-state index contributed by atoms with van der Waals surface area (Å²) in [4.78, 5) is 12.6. The Labute approximate surface area is 125 Å². The quantitative estimate of drug-likeness (QED) is 0.344. The van der Waals surface area contributed by atoms with Crippen molar-refractivity contribution in [2.45, 2.75) is 44.6 Å². The molecule has 0 heterocycles. The lowest BCUT2D eigenvalue weighted by Gasteiger charge is -2.30. The van der Waals surface area contributed by atoms with Gasteiger partial charge in [-0.2, -0.15) is 0 Å². The first kappa shape index (κ1) is 15.4. The molecule has 0 radical (unpaired) electrons. The molecule has 0 bridgehead atoms. The lowest BCUT2D eigenvalue weighted by Crippen LogP contribution is -2.46. The van der Waals surface area contributed by atoms with Gasteiger partial charge in [-0.1, -0.05) is 55.3 Å². The van der Waals surface area contributed by atoms with Crippen LogP contribution < -0.4 is 11.1 Å². The van der Waals surface area contributed by atoms with Crippen molar-refractivity contribution in [1.29, 1.82) is 0 Å². The summed E-state index contributed by atoms with van der Waals surface area (Å²) in [5.41, 5.74) is 6.46. The molecule has 2 rings (SSSR count). The Balaban J connectivity index is 2.15. The SMILES string of the molecule is CC1CCCCC1NC(=O)C(C(N)=NO)c1ccccc1. The van der Waals surface area contributed by atoms with Crippen LogP contribution in [0, 0.1) is 5.92 Å². The highest BCUT2D eigenvalue weighted by atomic mass is 16.4. The molecule has 0 spiro atoms. The zero-order valence-corrected chi connectivity index (χ0v) is 12.3. The molecule has 0 aromatic heterocycles. The number of carbonyl (C=O) groups excluding carboxylic acids is 1. The zero-order chi connectivity index (χ0) is 15.2. The number of hydrogen-bond acceptors (Lipinski definition) is 3. The van der Waals surface area contributed by atoms with Gasteiger partial charge < -0.3 is 16.3 Å². The number of nitrogens with two attached hydrogens (primary N) is 1. The van der Waals surface area contributed by atoms with Gasteiger partial charge in [-0.3, -0.25) is 4.79 Å². The van der Waals surface area contributed by atoms with E-state index in [1.165, 1.54) is 6.42 Å². The van der Waals surface area contributed by atoms with Crippen molar-refractivity contribution in [2.24, 2.45) is 16.8 Å². The maximum atomic E-state index is 12.6. The standard InChI is InChI=1S/C16H23N3O2/c1-11-7-5-6-10-13(11)18-16(20)14(15(17)19-21)12-8-3-2-4-9-12/h2-4,8-9,11,13-14,21H,5-7,10H2,1H3,(H2,17,19)(H,18,20). The minimum absolute atomic E-state index is 0.0813. The van der Waals surface area contributed by atoms with Crippen molar-refractivity contribution in [1.82, 2.24) is 5.32 Å². The average molecular weight is 289 g/mol. The molecule has 0 saturated heterocycles. The minimum Gasteiger partial charge on any atom is -0.409 e. The van der Waals surface area contributed by atoms with E-state index < -0.39 is 5.92 Å². The van der Waals surface area contributed by atoms with Crippen LogP contribution in [0.3, 0.4) is 0 Å². The van der Waals surface area contributed by atoms with Gasteiger partial charge >= 0.3 is 0 Å². The number of rotatable bonds is 4. The van der Waals surface area contributed by atoms with E-state index in [1.807, 2.05) is 30.3 Å². The number of amidine groups is 1.